The van der Waals surface area contributed by atoms with Crippen molar-refractivity contribution in [1.29, 1.82) is 0 Å². The van der Waals surface area contributed by atoms with E-state index in [1.807, 2.05) is 47.4 Å². The van der Waals surface area contributed by atoms with Gasteiger partial charge < -0.3 is 20.1 Å². The zero-order chi connectivity index (χ0) is 25.8. The molecule has 0 aliphatic heterocycles. The summed E-state index contributed by atoms with van der Waals surface area (Å²) in [6, 6.07) is 13.5. The molecule has 1 fully saturated rings. The van der Waals surface area contributed by atoms with Crippen molar-refractivity contribution in [3.8, 4) is 22.6 Å². The largest absolute Gasteiger partial charge is 0.506 e. The number of aromatic hydroxyl groups is 1. The third-order valence-corrected chi connectivity index (χ3v) is 8.04. The van der Waals surface area contributed by atoms with Gasteiger partial charge in [0.2, 0.25) is 5.95 Å². The molecule has 0 radical (unpaired) electrons. The molecular formula is C28H31N5O3S. The summed E-state index contributed by atoms with van der Waals surface area (Å²) in [7, 11) is 1.78. The summed E-state index contributed by atoms with van der Waals surface area (Å²) < 4.78 is 6.66. The number of hydrogen-bond donors (Lipinski definition) is 3. The fraction of sp³-hybridized carbons (Fsp3) is 0.321. The first-order chi connectivity index (χ1) is 18.1. The molecule has 1 saturated carbocycles. The zero-order valence-electron chi connectivity index (χ0n) is 20.8. The van der Waals surface area contributed by atoms with Crippen LogP contribution in [0.5, 0.6) is 11.5 Å². The first-order valence-electron chi connectivity index (χ1n) is 12.6. The van der Waals surface area contributed by atoms with Crippen molar-refractivity contribution in [2.75, 3.05) is 19.1 Å². The Kier molecular flexibility index (Phi) is 7.52. The van der Waals surface area contributed by atoms with E-state index in [0.717, 1.165) is 47.1 Å². The number of carbonyl (C=O) groups is 1. The lowest BCUT2D eigenvalue weighted by Gasteiger charge is -2.34. The van der Waals surface area contributed by atoms with Gasteiger partial charge in [0.25, 0.3) is 5.91 Å². The molecule has 4 N–H and O–H groups in total. The minimum Gasteiger partial charge on any atom is -0.506 e. The monoisotopic (exact) mass is 517 g/mol. The number of hydrogen-bond acceptors (Lipinski definition) is 8. The number of rotatable bonds is 8. The van der Waals surface area contributed by atoms with Crippen LogP contribution in [-0.2, 0) is 6.54 Å². The Morgan fingerprint density at radius 3 is 2.59 bits per heavy atom. The maximum atomic E-state index is 14.0. The summed E-state index contributed by atoms with van der Waals surface area (Å²) in [5.41, 5.74) is 8.36. The van der Waals surface area contributed by atoms with Crippen LogP contribution in [0.15, 0.2) is 54.9 Å². The number of anilines is 1. The molecule has 0 atom stereocenters. The smallest absolute Gasteiger partial charge is 0.268 e. The summed E-state index contributed by atoms with van der Waals surface area (Å²) in [6.07, 6.45) is 8.73. The molecule has 2 heterocycles. The van der Waals surface area contributed by atoms with Crippen molar-refractivity contribution in [2.45, 2.75) is 44.7 Å². The molecule has 0 bridgehead atoms. The van der Waals surface area contributed by atoms with Crippen molar-refractivity contribution < 1.29 is 14.6 Å². The normalized spacial score (nSPS) is 14.0. The number of nitrogens with one attached hydrogen (secondary N) is 1. The molecule has 1 aliphatic rings. The summed E-state index contributed by atoms with van der Waals surface area (Å²) in [5.74, 6) is 1.08. The van der Waals surface area contributed by atoms with Gasteiger partial charge in [0, 0.05) is 53.2 Å². The molecule has 0 saturated heterocycles. The molecule has 8 nitrogen and oxygen atoms in total. The lowest BCUT2D eigenvalue weighted by molar-refractivity contribution is 0.0614. The third kappa shape index (κ3) is 5.23. The van der Waals surface area contributed by atoms with Crippen LogP contribution in [0.25, 0.3) is 21.2 Å². The summed E-state index contributed by atoms with van der Waals surface area (Å²) in [4.78, 5) is 25.0. The molecule has 1 aliphatic carbocycles. The summed E-state index contributed by atoms with van der Waals surface area (Å²) in [6.45, 7) is 0.372. The highest BCUT2D eigenvalue weighted by atomic mass is 32.1. The van der Waals surface area contributed by atoms with E-state index in [4.69, 9.17) is 10.5 Å². The van der Waals surface area contributed by atoms with Gasteiger partial charge in [0.05, 0.1) is 0 Å². The number of benzene rings is 2. The van der Waals surface area contributed by atoms with Crippen molar-refractivity contribution >= 4 is 33.3 Å². The number of amides is 1. The predicted molar refractivity (Wildman–Crippen MR) is 147 cm³/mol. The highest BCUT2D eigenvalue weighted by Crippen LogP contribution is 2.39. The van der Waals surface area contributed by atoms with Crippen LogP contribution < -0.4 is 15.8 Å². The van der Waals surface area contributed by atoms with E-state index < -0.39 is 0 Å². The first-order valence-corrected chi connectivity index (χ1v) is 13.4. The predicted octanol–water partition coefficient (Wildman–Crippen LogP) is 5.38. The van der Waals surface area contributed by atoms with Gasteiger partial charge in [-0.3, -0.25) is 10.5 Å². The molecule has 9 heteroatoms. The Balaban J connectivity index is 1.53. The van der Waals surface area contributed by atoms with E-state index in [-0.39, 0.29) is 24.4 Å². The molecule has 37 heavy (non-hydrogen) atoms. The fourth-order valence-electron chi connectivity index (χ4n) is 4.97. The third-order valence-electron chi connectivity index (χ3n) is 6.89. The molecule has 2 aromatic heterocycles. The SMILES string of the molecule is CNc1ncc(-c2ccc(OCN)c(CN(C(=O)c3sc4ccccc4c3O)C3CCCCC3)c2)cn1. The Bertz CT molecular complexity index is 1380. The van der Waals surface area contributed by atoms with Crippen LogP contribution in [-0.4, -0.2) is 45.7 Å². The number of nitrogens with zero attached hydrogens (tertiary/aromatic N) is 3. The van der Waals surface area contributed by atoms with Crippen LogP contribution in [0.4, 0.5) is 5.95 Å². The second kappa shape index (κ2) is 11.1. The first kappa shape index (κ1) is 25.0. The van der Waals surface area contributed by atoms with E-state index in [0.29, 0.717) is 28.5 Å². The van der Waals surface area contributed by atoms with Gasteiger partial charge in [-0.2, -0.15) is 0 Å². The fourth-order valence-corrected chi connectivity index (χ4v) is 6.02. The highest BCUT2D eigenvalue weighted by Gasteiger charge is 2.30. The minimum absolute atomic E-state index is 0.0286. The van der Waals surface area contributed by atoms with Crippen molar-refractivity contribution in [2.24, 2.45) is 5.73 Å². The van der Waals surface area contributed by atoms with Gasteiger partial charge in [-0.1, -0.05) is 37.5 Å². The average molecular weight is 518 g/mol. The van der Waals surface area contributed by atoms with E-state index in [2.05, 4.69) is 15.3 Å². The molecule has 1 amide bonds. The van der Waals surface area contributed by atoms with Crippen LogP contribution >= 0.6 is 11.3 Å². The Morgan fingerprint density at radius 2 is 1.89 bits per heavy atom. The van der Waals surface area contributed by atoms with Gasteiger partial charge >= 0.3 is 0 Å². The van der Waals surface area contributed by atoms with E-state index in [1.54, 1.807) is 19.4 Å². The zero-order valence-corrected chi connectivity index (χ0v) is 21.6. The van der Waals surface area contributed by atoms with E-state index in [1.165, 1.54) is 17.8 Å². The highest BCUT2D eigenvalue weighted by molar-refractivity contribution is 7.21. The molecular weight excluding hydrogens is 486 g/mol. The molecule has 0 spiro atoms. The number of thiophene rings is 1. The Hall–Kier alpha value is -3.69. The molecule has 0 unspecified atom stereocenters. The average Bonchev–Trinajstić information content (AvgIpc) is 3.29. The molecule has 4 aromatic rings. The van der Waals surface area contributed by atoms with E-state index >= 15 is 0 Å². The van der Waals surface area contributed by atoms with Crippen molar-refractivity contribution in [1.82, 2.24) is 14.9 Å². The number of nitrogens with two attached hydrogens (primary N) is 1. The lowest BCUT2D eigenvalue weighted by Crippen LogP contribution is -2.40. The topological polar surface area (TPSA) is 114 Å². The van der Waals surface area contributed by atoms with Gasteiger partial charge in [0.15, 0.2) is 0 Å². The Morgan fingerprint density at radius 1 is 1.14 bits per heavy atom. The van der Waals surface area contributed by atoms with Gasteiger partial charge in [-0.05, 0) is 42.7 Å². The molecule has 2 aromatic carbocycles. The van der Waals surface area contributed by atoms with Crippen LogP contribution in [0.1, 0.15) is 47.3 Å². The van der Waals surface area contributed by atoms with Crippen LogP contribution in [0.3, 0.4) is 0 Å². The second-order valence-electron chi connectivity index (χ2n) is 9.18. The van der Waals surface area contributed by atoms with Gasteiger partial charge in [-0.15, -0.1) is 11.3 Å². The van der Waals surface area contributed by atoms with E-state index in [9.17, 15) is 9.90 Å². The van der Waals surface area contributed by atoms with Crippen molar-refractivity contribution in [3.05, 3.63) is 65.3 Å². The van der Waals surface area contributed by atoms with Crippen molar-refractivity contribution in [3.63, 3.8) is 0 Å². The van der Waals surface area contributed by atoms with Gasteiger partial charge in [0.1, 0.15) is 23.1 Å². The lowest BCUT2D eigenvalue weighted by atomic mass is 9.93. The second-order valence-corrected chi connectivity index (χ2v) is 10.2. The maximum absolute atomic E-state index is 14.0. The Labute approximate surface area is 220 Å². The summed E-state index contributed by atoms with van der Waals surface area (Å²) >= 11 is 1.34. The molecule has 5 rings (SSSR count). The quantitative estimate of drug-likeness (QED) is 0.269. The number of fused-ring (bicyclic) bond motifs is 1. The van der Waals surface area contributed by atoms with Crippen LogP contribution in [0.2, 0.25) is 0 Å². The number of aromatic nitrogens is 2. The maximum Gasteiger partial charge on any atom is 0.268 e. The van der Waals surface area contributed by atoms with Gasteiger partial charge in [-0.25, -0.2) is 9.97 Å². The molecule has 192 valence electrons. The van der Waals surface area contributed by atoms with Crippen LogP contribution in [0, 0.1) is 0 Å². The summed E-state index contributed by atoms with van der Waals surface area (Å²) in [5, 5.41) is 14.6. The number of carbonyl (C=O) groups excluding carboxylic acids is 1. The minimum atomic E-state index is -0.156. The number of ether oxygens (including phenoxy) is 1. The standard InChI is InChI=1S/C28H31N5O3S/c1-30-28-31-14-20(15-32-28)18-11-12-23(36-17-29)19(13-18)16-33(21-7-3-2-4-8-21)27(35)26-25(34)22-9-5-6-10-24(22)37-26/h5-6,9-15,21,34H,2-4,7-8,16-17,29H2,1H3,(H,30,31,32).